The number of ether oxygens (including phenoxy) is 2. The molecule has 0 saturated heterocycles. The summed E-state index contributed by atoms with van der Waals surface area (Å²) in [7, 11) is -4.20. The monoisotopic (exact) mass is 523 g/mol. The van der Waals surface area contributed by atoms with Crippen LogP contribution in [0.5, 0.6) is 0 Å². The molecule has 0 aliphatic heterocycles. The quantitative estimate of drug-likeness (QED) is 0.239. The Bertz CT molecular complexity index is 1230. The lowest BCUT2D eigenvalue weighted by molar-refractivity contribution is -0.147. The van der Waals surface area contributed by atoms with Crippen molar-refractivity contribution in [2.75, 3.05) is 12.8 Å². The van der Waals surface area contributed by atoms with Crippen molar-refractivity contribution < 1.29 is 28.5 Å². The van der Waals surface area contributed by atoms with Gasteiger partial charge < -0.3 is 19.7 Å². The summed E-state index contributed by atoms with van der Waals surface area (Å²) in [5, 5.41) is 2.62. The number of aryl methyl sites for hydroxylation is 2. The van der Waals surface area contributed by atoms with E-state index in [1.807, 2.05) is 86.6 Å². The Hall–Kier alpha value is -3.41. The highest BCUT2D eigenvalue weighted by atomic mass is 31.2. The molecule has 0 radical (unpaired) electrons. The van der Waals surface area contributed by atoms with Gasteiger partial charge in [0.25, 0.3) is 0 Å². The molecule has 0 aromatic heterocycles. The third-order valence-corrected chi connectivity index (χ3v) is 8.20. The maximum Gasteiger partial charge on any atom is 0.408 e. The van der Waals surface area contributed by atoms with E-state index in [-0.39, 0.29) is 25.8 Å². The molecule has 3 aromatic carbocycles. The Morgan fingerprint density at radius 2 is 1.54 bits per heavy atom. The number of nitrogens with one attached hydrogen (secondary N) is 1. The van der Waals surface area contributed by atoms with Gasteiger partial charge in [-0.25, -0.2) is 4.79 Å². The van der Waals surface area contributed by atoms with E-state index < -0.39 is 31.1 Å². The molecule has 7 nitrogen and oxygen atoms in total. The molecule has 8 heteroatoms. The van der Waals surface area contributed by atoms with Crippen LogP contribution in [0.4, 0.5) is 4.79 Å². The van der Waals surface area contributed by atoms with Crippen LogP contribution in [0.1, 0.15) is 40.5 Å². The topological polar surface area (TPSA) is 102 Å². The van der Waals surface area contributed by atoms with Crippen molar-refractivity contribution in [3.05, 3.63) is 107 Å². The van der Waals surface area contributed by atoms with Gasteiger partial charge in [-0.05, 0) is 49.4 Å². The fourth-order valence-corrected chi connectivity index (χ4v) is 6.36. The third kappa shape index (κ3) is 8.31. The van der Waals surface area contributed by atoms with Gasteiger partial charge in [-0.15, -0.1) is 0 Å². The molecule has 196 valence electrons. The molecular formula is C29H34NO6P. The summed E-state index contributed by atoms with van der Waals surface area (Å²) in [6, 6.07) is 23.9. The van der Waals surface area contributed by atoms with Crippen molar-refractivity contribution in [3.8, 4) is 0 Å². The van der Waals surface area contributed by atoms with Gasteiger partial charge in [-0.1, -0.05) is 84.4 Å². The van der Waals surface area contributed by atoms with E-state index in [1.165, 1.54) is 0 Å². The average Bonchev–Trinajstić information content (AvgIpc) is 2.87. The minimum absolute atomic E-state index is 0.0153. The molecule has 0 fully saturated rings. The van der Waals surface area contributed by atoms with Gasteiger partial charge in [0.05, 0.1) is 12.5 Å². The molecule has 3 aromatic rings. The van der Waals surface area contributed by atoms with Crippen LogP contribution in [0.15, 0.2) is 78.9 Å². The first-order chi connectivity index (χ1) is 17.7. The Morgan fingerprint density at radius 3 is 2.14 bits per heavy atom. The average molecular weight is 524 g/mol. The van der Waals surface area contributed by atoms with Gasteiger partial charge in [0, 0.05) is 6.16 Å². The maximum absolute atomic E-state index is 13.9. The summed E-state index contributed by atoms with van der Waals surface area (Å²) < 4.78 is 24.5. The minimum atomic E-state index is -4.20. The Morgan fingerprint density at radius 1 is 0.919 bits per heavy atom. The van der Waals surface area contributed by atoms with E-state index in [0.717, 1.165) is 22.3 Å². The molecule has 3 atom stereocenters. The number of esters is 1. The smallest absolute Gasteiger partial charge is 0.408 e. The van der Waals surface area contributed by atoms with Crippen LogP contribution in [-0.2, 0) is 31.9 Å². The Labute approximate surface area is 218 Å². The molecule has 37 heavy (non-hydrogen) atoms. The second-order valence-corrected chi connectivity index (χ2v) is 11.4. The number of hydrogen-bond acceptors (Lipinski definition) is 5. The Kier molecular flexibility index (Phi) is 10.1. The zero-order valence-electron chi connectivity index (χ0n) is 21.4. The molecule has 2 N–H and O–H groups in total. The molecule has 0 aliphatic rings. The first kappa shape index (κ1) is 28.2. The number of benzene rings is 3. The number of amides is 1. The van der Waals surface area contributed by atoms with Crippen LogP contribution in [0, 0.1) is 19.8 Å². The largest absolute Gasteiger partial charge is 0.466 e. The summed E-state index contributed by atoms with van der Waals surface area (Å²) in [5.41, 5.74) is 3.86. The van der Waals surface area contributed by atoms with Crippen molar-refractivity contribution in [1.29, 1.82) is 0 Å². The highest BCUT2D eigenvalue weighted by Gasteiger charge is 2.39. The zero-order valence-corrected chi connectivity index (χ0v) is 22.3. The standard InChI is InChI=1S/C29H34NO6P/c1-4-35-28(31)25(18-23-11-7-5-8-12-23)20-37(33,34)27(26-16-15-21(2)17-22(26)3)30-29(32)36-19-24-13-9-6-10-14-24/h5-17,25,27H,4,18-20H2,1-3H3,(H,30,32)(H,33,34). The number of carbonyl (C=O) groups is 2. The highest BCUT2D eigenvalue weighted by molar-refractivity contribution is 7.58. The van der Waals surface area contributed by atoms with Gasteiger partial charge in [-0.3, -0.25) is 9.36 Å². The normalized spacial score (nSPS) is 14.2. The summed E-state index contributed by atoms with van der Waals surface area (Å²) in [5.74, 6) is -2.68. The molecule has 3 unspecified atom stereocenters. The van der Waals surface area contributed by atoms with E-state index >= 15 is 0 Å². The SMILES string of the molecule is CCOC(=O)C(Cc1ccccc1)CP(=O)(O)C(NC(=O)OCc1ccccc1)c1ccc(C)cc1C. The van der Waals surface area contributed by atoms with Crippen molar-refractivity contribution in [1.82, 2.24) is 5.32 Å². The lowest BCUT2D eigenvalue weighted by Crippen LogP contribution is -2.32. The van der Waals surface area contributed by atoms with Crippen LogP contribution in [0.3, 0.4) is 0 Å². The summed E-state index contributed by atoms with van der Waals surface area (Å²) >= 11 is 0. The van der Waals surface area contributed by atoms with Crippen LogP contribution in [0.25, 0.3) is 0 Å². The lowest BCUT2D eigenvalue weighted by Gasteiger charge is -2.28. The Balaban J connectivity index is 1.88. The summed E-state index contributed by atoms with van der Waals surface area (Å²) in [6.07, 6.45) is -0.946. The minimum Gasteiger partial charge on any atom is -0.466 e. The maximum atomic E-state index is 13.9. The number of alkyl carbamates (subject to hydrolysis) is 1. The molecule has 0 aliphatic carbocycles. The molecule has 0 saturated carbocycles. The third-order valence-electron chi connectivity index (χ3n) is 6.02. The van der Waals surface area contributed by atoms with Crippen molar-refractivity contribution in [2.45, 2.75) is 39.6 Å². The molecule has 3 rings (SSSR count). The zero-order chi connectivity index (χ0) is 26.8. The van der Waals surface area contributed by atoms with Crippen LogP contribution in [-0.4, -0.2) is 29.7 Å². The van der Waals surface area contributed by atoms with E-state index in [4.69, 9.17) is 9.47 Å². The molecule has 1 amide bonds. The van der Waals surface area contributed by atoms with Gasteiger partial charge in [0.15, 0.2) is 0 Å². The molecule has 0 heterocycles. The van der Waals surface area contributed by atoms with Gasteiger partial charge in [0.2, 0.25) is 7.37 Å². The molecule has 0 bridgehead atoms. The van der Waals surface area contributed by atoms with Crippen LogP contribution >= 0.6 is 7.37 Å². The van der Waals surface area contributed by atoms with Gasteiger partial charge in [0.1, 0.15) is 12.4 Å². The first-order valence-corrected chi connectivity index (χ1v) is 14.2. The summed E-state index contributed by atoms with van der Waals surface area (Å²) in [6.45, 7) is 5.60. The fraction of sp³-hybridized carbons (Fsp3) is 0.310. The molecule has 0 spiro atoms. The van der Waals surface area contributed by atoms with E-state index in [1.54, 1.807) is 13.0 Å². The van der Waals surface area contributed by atoms with E-state index in [9.17, 15) is 19.0 Å². The number of hydrogen-bond donors (Lipinski definition) is 2. The second-order valence-electron chi connectivity index (χ2n) is 9.05. The first-order valence-electron chi connectivity index (χ1n) is 12.3. The number of carbonyl (C=O) groups excluding carboxylic acids is 2. The van der Waals surface area contributed by atoms with Crippen LogP contribution in [0.2, 0.25) is 0 Å². The van der Waals surface area contributed by atoms with Gasteiger partial charge in [-0.2, -0.15) is 0 Å². The van der Waals surface area contributed by atoms with Crippen molar-refractivity contribution in [2.24, 2.45) is 5.92 Å². The molecular weight excluding hydrogens is 489 g/mol. The van der Waals surface area contributed by atoms with Gasteiger partial charge >= 0.3 is 12.1 Å². The van der Waals surface area contributed by atoms with Crippen LogP contribution < -0.4 is 5.32 Å². The van der Waals surface area contributed by atoms with Crippen molar-refractivity contribution >= 4 is 19.4 Å². The highest BCUT2D eigenvalue weighted by Crippen LogP contribution is 2.56. The van der Waals surface area contributed by atoms with E-state index in [2.05, 4.69) is 5.32 Å². The predicted octanol–water partition coefficient (Wildman–Crippen LogP) is 5.92. The summed E-state index contributed by atoms with van der Waals surface area (Å²) in [4.78, 5) is 37.0. The number of rotatable bonds is 11. The fourth-order valence-electron chi connectivity index (χ4n) is 4.21. The lowest BCUT2D eigenvalue weighted by atomic mass is 10.0. The van der Waals surface area contributed by atoms with Crippen molar-refractivity contribution in [3.63, 3.8) is 0 Å². The predicted molar refractivity (Wildman–Crippen MR) is 143 cm³/mol. The van der Waals surface area contributed by atoms with E-state index in [0.29, 0.717) is 5.56 Å². The second kappa shape index (κ2) is 13.2.